The lowest BCUT2D eigenvalue weighted by Gasteiger charge is -2.45. The number of benzene rings is 15. The Balaban J connectivity index is 0.973. The van der Waals surface area contributed by atoms with Crippen LogP contribution in [0.15, 0.2) is 315 Å². The fourth-order valence-electron chi connectivity index (χ4n) is 19.1. The van der Waals surface area contributed by atoms with Crippen molar-refractivity contribution in [2.24, 2.45) is 0 Å². The van der Waals surface area contributed by atoms with Crippen LogP contribution < -0.4 is 26.2 Å². The van der Waals surface area contributed by atoms with Gasteiger partial charge in [-0.15, -0.1) is 0 Å². The van der Waals surface area contributed by atoms with Gasteiger partial charge in [-0.2, -0.15) is 0 Å². The van der Waals surface area contributed by atoms with E-state index >= 15 is 0 Å². The summed E-state index contributed by atoms with van der Waals surface area (Å²) in [6.07, 6.45) is 0. The molecule has 0 radical (unpaired) electrons. The molecule has 15 aromatic carbocycles. The van der Waals surface area contributed by atoms with Crippen molar-refractivity contribution in [3.8, 4) is 61.6 Å². The lowest BCUT2D eigenvalue weighted by molar-refractivity contribution is 0.569. The van der Waals surface area contributed by atoms with Gasteiger partial charge in [0.25, 0.3) is 6.71 Å². The molecule has 0 spiro atoms. The topological polar surface area (TPSA) is 21.3 Å². The summed E-state index contributed by atoms with van der Waals surface area (Å²) in [6, 6.07) is 106. The van der Waals surface area contributed by atoms with E-state index < -0.39 is 12.8 Å². The SMILES string of the molecule is [2H]c1c([2H])c([2H])c(-c2ccc3c(c2)N(c2cc(-c4ccccc4)cc(-c4ccccc4)c2)c2cc(-c4cc(C(C)(C)C)cc(C(C)(C)C)c4)cc4c2B3c2ccc(-n3c5ccc(C(C)(C)C)cc5c5cc(C(C)(C)C)ccc53)cc2N4c2cccc3c4cccc(-n5c6ccc(C(C)(C)C)cc6c6cc(C(C)(C)C)ccc65)c4n(-c4ccccc4)c23)c([2H])c1[2H]. The second-order valence-electron chi connectivity index (χ2n) is 40.0. The Bertz CT molecular complexity index is 7270. The zero-order chi connectivity index (χ0) is 87.5. The summed E-state index contributed by atoms with van der Waals surface area (Å²) >= 11 is 0. The largest absolute Gasteiger partial charge is 0.311 e. The van der Waals surface area contributed by atoms with E-state index in [1.165, 1.54) is 54.9 Å². The molecule has 0 saturated carbocycles. The highest BCUT2D eigenvalue weighted by atomic mass is 15.2. The first-order chi connectivity index (χ1) is 59.4. The standard InChI is InChI=1S/C114H106BN5/c1-109(2,3)79-46-53-96-90(66-79)91-67-80(110(4,5)6)47-54-97(91)116(96)86-50-52-95-103(70-86)120(101-44-32-42-89-88-41-31-43-100(107(88)118(108(89)101)85-39-29-22-30-40-85)119-98-55-48-81(111(7,8)9)68-92(98)93-69-82(112(10,11)12)49-56-99(93)119)105-64-78(77-58-83(113(13,14)15)65-84(59-77)114(16,17)18)63-104-106(105)115(95)94-51-45-74(71-33-23-19-24-34-71)62-102(94)117(104)87-60-75(72-35-25-20-26-36-72)57-76(61-87)73-37-27-21-28-38-73/h19-70H,1-18H3/i19D,23D,24D,33D,34D. The lowest BCUT2D eigenvalue weighted by Crippen LogP contribution is -2.61. The minimum Gasteiger partial charge on any atom is -0.311 e. The van der Waals surface area contributed by atoms with Gasteiger partial charge in [-0.3, -0.25) is 0 Å². The molecule has 5 heterocycles. The van der Waals surface area contributed by atoms with E-state index in [2.05, 4.69) is 427 Å². The quantitative estimate of drug-likeness (QED) is 0.134. The van der Waals surface area contributed by atoms with Crippen LogP contribution in [0.2, 0.25) is 0 Å². The van der Waals surface area contributed by atoms with Crippen molar-refractivity contribution < 1.29 is 6.85 Å². The van der Waals surface area contributed by atoms with Crippen LogP contribution in [0.3, 0.4) is 0 Å². The molecular weight excluding hydrogens is 1450 g/mol. The zero-order valence-electron chi connectivity index (χ0n) is 77.4. The Morgan fingerprint density at radius 2 is 0.625 bits per heavy atom. The molecule has 2 aliphatic heterocycles. The summed E-state index contributed by atoms with van der Waals surface area (Å²) in [5.74, 6) is 0. The van der Waals surface area contributed by atoms with Crippen LogP contribution in [-0.2, 0) is 32.5 Å². The van der Waals surface area contributed by atoms with Crippen molar-refractivity contribution in [1.29, 1.82) is 0 Å². The summed E-state index contributed by atoms with van der Waals surface area (Å²) in [6.45, 7) is 41.2. The van der Waals surface area contributed by atoms with Gasteiger partial charge in [0.1, 0.15) is 0 Å². The third kappa shape index (κ3) is 12.6. The van der Waals surface area contributed by atoms with E-state index in [9.17, 15) is 5.48 Å². The lowest BCUT2D eigenvalue weighted by atomic mass is 9.33. The van der Waals surface area contributed by atoms with E-state index in [0.717, 1.165) is 145 Å². The number of para-hydroxylation sites is 3. The van der Waals surface area contributed by atoms with Gasteiger partial charge in [0.15, 0.2) is 0 Å². The number of hydrogen-bond acceptors (Lipinski definition) is 2. The highest BCUT2D eigenvalue weighted by Crippen LogP contribution is 2.53. The number of fused-ring (bicyclic) bond motifs is 13. The Hall–Kier alpha value is -12.6. The van der Waals surface area contributed by atoms with Gasteiger partial charge in [0, 0.05) is 72.1 Å². The predicted octanol–water partition coefficient (Wildman–Crippen LogP) is 29.5. The van der Waals surface area contributed by atoms with Gasteiger partial charge in [0.05, 0.1) is 51.3 Å². The van der Waals surface area contributed by atoms with Crippen LogP contribution in [-0.4, -0.2) is 20.4 Å². The summed E-state index contributed by atoms with van der Waals surface area (Å²) in [5.41, 5.74) is 31.9. The van der Waals surface area contributed by atoms with Gasteiger partial charge in [-0.1, -0.05) is 319 Å². The Morgan fingerprint density at radius 1 is 0.225 bits per heavy atom. The molecule has 0 saturated heterocycles. The molecule has 0 bridgehead atoms. The molecule has 5 nitrogen and oxygen atoms in total. The summed E-state index contributed by atoms with van der Waals surface area (Å²) < 4.78 is 54.5. The molecule has 0 N–H and O–H groups in total. The Labute approximate surface area is 716 Å². The second kappa shape index (κ2) is 27.5. The van der Waals surface area contributed by atoms with Gasteiger partial charge < -0.3 is 23.5 Å². The fraction of sp³-hybridized carbons (Fsp3) is 0.211. The molecule has 590 valence electrons. The first-order valence-corrected chi connectivity index (χ1v) is 42.7. The van der Waals surface area contributed by atoms with Crippen LogP contribution in [0, 0.1) is 0 Å². The first kappa shape index (κ1) is 70.4. The predicted molar refractivity (Wildman–Crippen MR) is 517 cm³/mol. The van der Waals surface area contributed by atoms with E-state index in [-0.39, 0.29) is 62.2 Å². The molecule has 20 rings (SSSR count). The average molecular weight is 1560 g/mol. The zero-order valence-corrected chi connectivity index (χ0v) is 72.4. The van der Waals surface area contributed by atoms with Gasteiger partial charge >= 0.3 is 0 Å². The molecule has 0 fully saturated rings. The number of rotatable bonds is 9. The van der Waals surface area contributed by atoms with E-state index in [1.54, 1.807) is 0 Å². The normalized spacial score (nSPS) is 13.9. The summed E-state index contributed by atoms with van der Waals surface area (Å²) in [4.78, 5) is 5.09. The average Bonchev–Trinajstić information content (AvgIpc) is 1.41. The van der Waals surface area contributed by atoms with Crippen molar-refractivity contribution in [1.82, 2.24) is 13.7 Å². The number of nitrogens with zero attached hydrogens (tertiary/aromatic N) is 5. The van der Waals surface area contributed by atoms with Crippen LogP contribution in [0.5, 0.6) is 0 Å². The monoisotopic (exact) mass is 1560 g/mol. The van der Waals surface area contributed by atoms with Crippen LogP contribution in [0.1, 0.15) is 165 Å². The summed E-state index contributed by atoms with van der Waals surface area (Å²) in [7, 11) is 0. The third-order valence-corrected chi connectivity index (χ3v) is 25.7. The van der Waals surface area contributed by atoms with Crippen molar-refractivity contribution >= 4 is 123 Å². The fourth-order valence-corrected chi connectivity index (χ4v) is 19.1. The smallest absolute Gasteiger partial charge is 0.252 e. The van der Waals surface area contributed by atoms with E-state index in [4.69, 9.17) is 1.37 Å². The van der Waals surface area contributed by atoms with Gasteiger partial charge in [-0.25, -0.2) is 0 Å². The first-order valence-electron chi connectivity index (χ1n) is 45.2. The highest BCUT2D eigenvalue weighted by molar-refractivity contribution is 7.00. The van der Waals surface area contributed by atoms with E-state index in [1.807, 2.05) is 6.07 Å². The van der Waals surface area contributed by atoms with Crippen molar-refractivity contribution in [2.75, 3.05) is 9.80 Å². The molecule has 2 aliphatic rings. The summed E-state index contributed by atoms with van der Waals surface area (Å²) in [5, 5.41) is 7.04. The van der Waals surface area contributed by atoms with Crippen LogP contribution >= 0.6 is 0 Å². The van der Waals surface area contributed by atoms with Gasteiger partial charge in [-0.05, 0) is 248 Å². The highest BCUT2D eigenvalue weighted by Gasteiger charge is 2.46. The van der Waals surface area contributed by atoms with Crippen molar-refractivity contribution in [2.45, 2.75) is 157 Å². The Morgan fingerprint density at radius 3 is 1.10 bits per heavy atom. The Kier molecular flexibility index (Phi) is 16.1. The molecule has 18 aromatic rings. The van der Waals surface area contributed by atoms with E-state index in [0.29, 0.717) is 5.56 Å². The second-order valence-corrected chi connectivity index (χ2v) is 40.0. The van der Waals surface area contributed by atoms with Gasteiger partial charge in [0.2, 0.25) is 0 Å². The minimum atomic E-state index is -0.466. The maximum absolute atomic E-state index is 9.74. The number of aromatic nitrogens is 3. The molecule has 6 heteroatoms. The minimum absolute atomic E-state index is 0.101. The van der Waals surface area contributed by atoms with Crippen molar-refractivity contribution in [3.63, 3.8) is 0 Å². The molecule has 0 atom stereocenters. The number of anilines is 6. The molecule has 0 aliphatic carbocycles. The molecule has 0 unspecified atom stereocenters. The van der Waals surface area contributed by atoms with Crippen LogP contribution in [0.25, 0.3) is 127 Å². The third-order valence-electron chi connectivity index (χ3n) is 25.7. The van der Waals surface area contributed by atoms with Crippen LogP contribution in [0.4, 0.5) is 34.1 Å². The number of hydrogen-bond donors (Lipinski definition) is 0. The maximum Gasteiger partial charge on any atom is 0.252 e. The van der Waals surface area contributed by atoms with Crippen molar-refractivity contribution in [3.05, 3.63) is 349 Å². The molecule has 120 heavy (non-hydrogen) atoms. The molecule has 0 amide bonds. The molecular formula is C114H106BN5. The maximum atomic E-state index is 9.74. The molecule has 3 aromatic heterocycles.